The molecule has 3 heteroatoms. The van der Waals surface area contributed by atoms with Crippen molar-refractivity contribution in [2.24, 2.45) is 0 Å². The van der Waals surface area contributed by atoms with Gasteiger partial charge >= 0.3 is 0 Å². The van der Waals surface area contributed by atoms with E-state index < -0.39 is 0 Å². The fourth-order valence-corrected chi connectivity index (χ4v) is 9.18. The van der Waals surface area contributed by atoms with Gasteiger partial charge in [-0.3, -0.25) is 0 Å². The first kappa shape index (κ1) is 29.5. The Hall–Kier alpha value is -7.10. The molecule has 54 heavy (non-hydrogen) atoms. The van der Waals surface area contributed by atoms with Crippen LogP contribution >= 0.6 is 0 Å². The standard InChI is InChI=1S/C51H30O3/c1-29-28-30-12-8-23-41(50(30)52-29)47-37-15-4-2-13-35(37)46(36-14-3-5-16-38(36)47)34-21-10-18-31-32(34)19-9-20-33(31)39-22-11-24-42-49-45(54-51(39)42)27-26-44-48(49)40-17-6-7-25-43(40)53-44/h2-28H,1H3. The van der Waals surface area contributed by atoms with Crippen LogP contribution in [0.25, 0.3) is 121 Å². The van der Waals surface area contributed by atoms with Gasteiger partial charge in [0.2, 0.25) is 0 Å². The van der Waals surface area contributed by atoms with Crippen LogP contribution < -0.4 is 0 Å². The van der Waals surface area contributed by atoms with E-state index in [1.165, 1.54) is 49.0 Å². The number of furan rings is 3. The minimum atomic E-state index is 0.857. The van der Waals surface area contributed by atoms with Crippen molar-refractivity contribution in [3.63, 3.8) is 0 Å². The van der Waals surface area contributed by atoms with Gasteiger partial charge in [-0.05, 0) is 80.2 Å². The summed E-state index contributed by atoms with van der Waals surface area (Å²) in [7, 11) is 0. The van der Waals surface area contributed by atoms with Gasteiger partial charge in [-0.15, -0.1) is 0 Å². The van der Waals surface area contributed by atoms with Crippen LogP contribution in [0.15, 0.2) is 177 Å². The summed E-state index contributed by atoms with van der Waals surface area (Å²) in [5.41, 5.74) is 11.4. The van der Waals surface area contributed by atoms with Crippen LogP contribution in [0.3, 0.4) is 0 Å². The van der Waals surface area contributed by atoms with E-state index >= 15 is 0 Å². The zero-order valence-electron chi connectivity index (χ0n) is 29.3. The molecule has 0 saturated heterocycles. The van der Waals surface area contributed by atoms with Crippen LogP contribution in [0, 0.1) is 6.92 Å². The van der Waals surface area contributed by atoms with Crippen LogP contribution in [0.5, 0.6) is 0 Å². The number of rotatable bonds is 3. The molecule has 252 valence electrons. The predicted molar refractivity (Wildman–Crippen MR) is 224 cm³/mol. The van der Waals surface area contributed by atoms with Crippen molar-refractivity contribution in [2.75, 3.05) is 0 Å². The molecule has 0 fully saturated rings. The first-order valence-corrected chi connectivity index (χ1v) is 18.4. The highest BCUT2D eigenvalue weighted by Gasteiger charge is 2.22. The minimum Gasteiger partial charge on any atom is -0.461 e. The van der Waals surface area contributed by atoms with E-state index in [0.717, 1.165) is 77.3 Å². The largest absolute Gasteiger partial charge is 0.461 e. The molecule has 0 radical (unpaired) electrons. The van der Waals surface area contributed by atoms with Crippen molar-refractivity contribution in [3.05, 3.63) is 170 Å². The van der Waals surface area contributed by atoms with E-state index in [4.69, 9.17) is 13.3 Å². The first-order valence-electron chi connectivity index (χ1n) is 18.4. The van der Waals surface area contributed by atoms with Crippen LogP contribution in [0.2, 0.25) is 0 Å². The molecular weight excluding hydrogens is 661 g/mol. The topological polar surface area (TPSA) is 39.4 Å². The third-order valence-electron chi connectivity index (χ3n) is 11.4. The molecule has 12 aromatic rings. The second-order valence-corrected chi connectivity index (χ2v) is 14.3. The Kier molecular flexibility index (Phi) is 5.98. The fraction of sp³-hybridized carbons (Fsp3) is 0.0196. The van der Waals surface area contributed by atoms with Gasteiger partial charge in [0, 0.05) is 43.6 Å². The van der Waals surface area contributed by atoms with Gasteiger partial charge in [-0.25, -0.2) is 0 Å². The lowest BCUT2D eigenvalue weighted by molar-refractivity contribution is 0.579. The Balaban J connectivity index is 1.13. The molecule has 0 atom stereocenters. The second kappa shape index (κ2) is 11.0. The fourth-order valence-electron chi connectivity index (χ4n) is 9.18. The second-order valence-electron chi connectivity index (χ2n) is 14.3. The maximum atomic E-state index is 6.78. The summed E-state index contributed by atoms with van der Waals surface area (Å²) in [4.78, 5) is 0. The lowest BCUT2D eigenvalue weighted by Gasteiger charge is -2.19. The van der Waals surface area contributed by atoms with Gasteiger partial charge in [-0.2, -0.15) is 0 Å². The molecular formula is C51H30O3. The molecule has 0 amide bonds. The molecule has 0 unspecified atom stereocenters. The van der Waals surface area contributed by atoms with Gasteiger partial charge in [0.05, 0.1) is 0 Å². The van der Waals surface area contributed by atoms with Crippen molar-refractivity contribution < 1.29 is 13.3 Å². The van der Waals surface area contributed by atoms with Crippen LogP contribution in [-0.4, -0.2) is 0 Å². The highest BCUT2D eigenvalue weighted by Crippen LogP contribution is 2.48. The van der Waals surface area contributed by atoms with E-state index in [1.54, 1.807) is 0 Å². The molecule has 3 aromatic heterocycles. The van der Waals surface area contributed by atoms with E-state index in [9.17, 15) is 0 Å². The Morgan fingerprint density at radius 2 is 0.815 bits per heavy atom. The maximum Gasteiger partial charge on any atom is 0.143 e. The summed E-state index contributed by atoms with van der Waals surface area (Å²) in [6.07, 6.45) is 0. The summed E-state index contributed by atoms with van der Waals surface area (Å²) in [5.74, 6) is 0.913. The van der Waals surface area contributed by atoms with Crippen molar-refractivity contribution >= 4 is 87.2 Å². The van der Waals surface area contributed by atoms with Crippen LogP contribution in [0.1, 0.15) is 5.76 Å². The van der Waals surface area contributed by atoms with Gasteiger partial charge in [-0.1, -0.05) is 140 Å². The van der Waals surface area contributed by atoms with E-state index in [-0.39, 0.29) is 0 Å². The molecule has 0 aliphatic heterocycles. The normalized spacial score (nSPS) is 12.2. The number of para-hydroxylation sites is 3. The Morgan fingerprint density at radius 1 is 0.315 bits per heavy atom. The molecule has 0 spiro atoms. The summed E-state index contributed by atoms with van der Waals surface area (Å²) in [6, 6.07) is 58.5. The van der Waals surface area contributed by atoms with Crippen molar-refractivity contribution in [2.45, 2.75) is 6.92 Å². The number of hydrogen-bond acceptors (Lipinski definition) is 3. The molecule has 3 heterocycles. The predicted octanol–water partition coefficient (Wildman–Crippen LogP) is 15.0. The number of hydrogen-bond donors (Lipinski definition) is 0. The number of fused-ring (bicyclic) bond motifs is 11. The summed E-state index contributed by atoms with van der Waals surface area (Å²) in [6.45, 7) is 2.02. The highest BCUT2D eigenvalue weighted by molar-refractivity contribution is 6.28. The number of aryl methyl sites for hydroxylation is 1. The Labute approximate surface area is 309 Å². The zero-order chi connectivity index (χ0) is 35.5. The number of benzene rings is 9. The molecule has 0 bridgehead atoms. The van der Waals surface area contributed by atoms with Gasteiger partial charge in [0.1, 0.15) is 33.7 Å². The first-order chi connectivity index (χ1) is 26.7. The van der Waals surface area contributed by atoms with E-state index in [0.29, 0.717) is 0 Å². The molecule has 3 nitrogen and oxygen atoms in total. The highest BCUT2D eigenvalue weighted by atomic mass is 16.3. The average molecular weight is 691 g/mol. The summed E-state index contributed by atoms with van der Waals surface area (Å²) in [5, 5.41) is 12.7. The summed E-state index contributed by atoms with van der Waals surface area (Å²) >= 11 is 0. The third kappa shape index (κ3) is 4.01. The van der Waals surface area contributed by atoms with Gasteiger partial charge in [0.15, 0.2) is 0 Å². The van der Waals surface area contributed by atoms with Crippen molar-refractivity contribution in [1.82, 2.24) is 0 Å². The molecule has 9 aromatic carbocycles. The molecule has 0 saturated carbocycles. The molecule has 12 rings (SSSR count). The zero-order valence-corrected chi connectivity index (χ0v) is 29.3. The Morgan fingerprint density at radius 3 is 1.54 bits per heavy atom. The van der Waals surface area contributed by atoms with Crippen molar-refractivity contribution in [1.29, 1.82) is 0 Å². The van der Waals surface area contributed by atoms with Crippen LogP contribution in [0.4, 0.5) is 0 Å². The van der Waals surface area contributed by atoms with E-state index in [2.05, 4.69) is 140 Å². The average Bonchev–Trinajstić information content (AvgIpc) is 3.91. The monoisotopic (exact) mass is 690 g/mol. The lowest BCUT2D eigenvalue weighted by Crippen LogP contribution is -1.92. The van der Waals surface area contributed by atoms with Gasteiger partial charge in [0.25, 0.3) is 0 Å². The van der Waals surface area contributed by atoms with E-state index in [1.807, 2.05) is 31.2 Å². The molecule has 0 aliphatic rings. The Bertz CT molecular complexity index is 3460. The molecule has 0 N–H and O–H groups in total. The SMILES string of the molecule is Cc1cc2cccc(-c3c4ccccc4c(-c4cccc5c(-c6cccc7c6oc6ccc8oc9ccccc9c8c67)cccc45)c4ccccc34)c2o1. The third-order valence-corrected chi connectivity index (χ3v) is 11.4. The lowest BCUT2D eigenvalue weighted by atomic mass is 9.84. The smallest absolute Gasteiger partial charge is 0.143 e. The minimum absolute atomic E-state index is 0.857. The summed E-state index contributed by atoms with van der Waals surface area (Å²) < 4.78 is 19.4. The quantitative estimate of drug-likeness (QED) is 0.173. The maximum absolute atomic E-state index is 6.78. The van der Waals surface area contributed by atoms with Gasteiger partial charge < -0.3 is 13.3 Å². The van der Waals surface area contributed by atoms with Crippen molar-refractivity contribution in [3.8, 4) is 33.4 Å². The van der Waals surface area contributed by atoms with Crippen LogP contribution in [-0.2, 0) is 0 Å². The molecule has 0 aliphatic carbocycles.